The number of hydrogen-bond donors (Lipinski definition) is 1. The summed E-state index contributed by atoms with van der Waals surface area (Å²) in [6.07, 6.45) is 3.17. The van der Waals surface area contributed by atoms with Crippen molar-refractivity contribution >= 4 is 5.91 Å². The van der Waals surface area contributed by atoms with Gasteiger partial charge in [0.15, 0.2) is 11.5 Å². The third-order valence-corrected chi connectivity index (χ3v) is 5.14. The third-order valence-electron chi connectivity index (χ3n) is 5.14. The van der Waals surface area contributed by atoms with Crippen LogP contribution in [-0.2, 0) is 5.79 Å². The summed E-state index contributed by atoms with van der Waals surface area (Å²) in [5, 5.41) is 10.5. The summed E-state index contributed by atoms with van der Waals surface area (Å²) in [7, 11) is 0. The molecular weight excluding hydrogens is 342 g/mol. The highest BCUT2D eigenvalue weighted by atomic mass is 16.7. The molecule has 27 heavy (non-hydrogen) atoms. The largest absolute Gasteiger partial charge is 0.504 e. The summed E-state index contributed by atoms with van der Waals surface area (Å²) in [5.41, 5.74) is 1.83. The number of piperidine rings is 1. The van der Waals surface area contributed by atoms with Crippen LogP contribution in [0.25, 0.3) is 0 Å². The molecule has 1 amide bonds. The van der Waals surface area contributed by atoms with Gasteiger partial charge in [-0.25, -0.2) is 0 Å². The van der Waals surface area contributed by atoms with E-state index in [1.54, 1.807) is 6.07 Å². The van der Waals surface area contributed by atoms with Crippen molar-refractivity contribution in [1.82, 2.24) is 4.90 Å². The molecule has 2 aromatic carbocycles. The molecule has 2 aliphatic heterocycles. The fourth-order valence-corrected chi connectivity index (χ4v) is 3.68. The topological polar surface area (TPSA) is 59.0 Å². The number of phenolic OH excluding ortho intramolecular Hbond substituents is 1. The van der Waals surface area contributed by atoms with Crippen molar-refractivity contribution in [3.8, 4) is 17.2 Å². The molecule has 5 nitrogen and oxygen atoms in total. The van der Waals surface area contributed by atoms with E-state index in [0.717, 1.165) is 37.9 Å². The molecule has 2 aromatic rings. The lowest BCUT2D eigenvalue weighted by Gasteiger charge is -2.28. The second-order valence-corrected chi connectivity index (χ2v) is 7.14. The van der Waals surface area contributed by atoms with Crippen LogP contribution in [0.15, 0.2) is 54.6 Å². The molecule has 4 rings (SSSR count). The van der Waals surface area contributed by atoms with E-state index in [-0.39, 0.29) is 17.4 Å². The number of phenols is 1. The van der Waals surface area contributed by atoms with Gasteiger partial charge in [-0.05, 0) is 38.3 Å². The van der Waals surface area contributed by atoms with Crippen LogP contribution >= 0.6 is 0 Å². The Bertz CT molecular complexity index is 887. The van der Waals surface area contributed by atoms with E-state index in [4.69, 9.17) is 9.47 Å². The fraction of sp³-hybridized carbons (Fsp3) is 0.318. The fourth-order valence-electron chi connectivity index (χ4n) is 3.68. The summed E-state index contributed by atoms with van der Waals surface area (Å²) >= 11 is 0. The number of carbonyl (C=O) groups excluding carboxylic acids is 1. The maximum Gasteiger partial charge on any atom is 0.301 e. The van der Waals surface area contributed by atoms with Crippen LogP contribution in [0.2, 0.25) is 0 Å². The summed E-state index contributed by atoms with van der Waals surface area (Å²) < 4.78 is 12.2. The van der Waals surface area contributed by atoms with Gasteiger partial charge in [-0.1, -0.05) is 36.9 Å². The average Bonchev–Trinajstić information content (AvgIpc) is 3.10. The molecule has 0 aromatic heterocycles. The normalized spacial score (nSPS) is 21.1. The molecule has 2 aliphatic rings. The highest BCUT2D eigenvalue weighted by Gasteiger charge is 2.46. The van der Waals surface area contributed by atoms with Crippen LogP contribution < -0.4 is 9.47 Å². The first-order chi connectivity index (χ1) is 13.0. The maximum atomic E-state index is 12.8. The second kappa shape index (κ2) is 6.65. The van der Waals surface area contributed by atoms with Gasteiger partial charge >= 0.3 is 5.79 Å². The quantitative estimate of drug-likeness (QED) is 0.828. The molecule has 1 saturated heterocycles. The SMILES string of the molecule is C=C(C)C1(c2ccccc2)Oc2cc(C(=O)N3CCCCC3)cc(O)c2O1. The van der Waals surface area contributed by atoms with Crippen molar-refractivity contribution in [2.45, 2.75) is 32.0 Å². The van der Waals surface area contributed by atoms with Crippen molar-refractivity contribution in [3.63, 3.8) is 0 Å². The molecule has 1 N–H and O–H groups in total. The van der Waals surface area contributed by atoms with Gasteiger partial charge in [0.05, 0.1) is 0 Å². The number of ether oxygens (including phenoxy) is 2. The zero-order valence-electron chi connectivity index (χ0n) is 15.4. The Balaban J connectivity index is 1.70. The molecule has 0 spiro atoms. The lowest BCUT2D eigenvalue weighted by atomic mass is 10.00. The lowest BCUT2D eigenvalue weighted by molar-refractivity contribution is -0.0501. The van der Waals surface area contributed by atoms with Gasteiger partial charge in [0.2, 0.25) is 5.75 Å². The molecule has 1 fully saturated rings. The zero-order chi connectivity index (χ0) is 19.0. The van der Waals surface area contributed by atoms with E-state index in [9.17, 15) is 9.90 Å². The molecule has 0 saturated carbocycles. The molecule has 1 atom stereocenters. The average molecular weight is 365 g/mol. The van der Waals surface area contributed by atoms with E-state index in [2.05, 4.69) is 6.58 Å². The van der Waals surface area contributed by atoms with Crippen molar-refractivity contribution in [2.75, 3.05) is 13.1 Å². The Kier molecular flexibility index (Phi) is 4.30. The Morgan fingerprint density at radius 3 is 2.48 bits per heavy atom. The molecule has 1 unspecified atom stereocenters. The van der Waals surface area contributed by atoms with E-state index in [0.29, 0.717) is 16.9 Å². The summed E-state index contributed by atoms with van der Waals surface area (Å²) in [5.74, 6) is -0.830. The molecule has 5 heteroatoms. The van der Waals surface area contributed by atoms with E-state index < -0.39 is 5.79 Å². The zero-order valence-corrected chi connectivity index (χ0v) is 15.4. The van der Waals surface area contributed by atoms with Gasteiger partial charge in [-0.2, -0.15) is 0 Å². The molecule has 2 heterocycles. The number of fused-ring (bicyclic) bond motifs is 1. The molecule has 140 valence electrons. The van der Waals surface area contributed by atoms with Crippen molar-refractivity contribution in [3.05, 3.63) is 65.7 Å². The number of aromatic hydroxyl groups is 1. The van der Waals surface area contributed by atoms with Gasteiger partial charge in [0, 0.05) is 29.8 Å². The minimum atomic E-state index is -1.21. The van der Waals surface area contributed by atoms with Crippen molar-refractivity contribution < 1.29 is 19.4 Å². The van der Waals surface area contributed by atoms with Crippen LogP contribution in [0.1, 0.15) is 42.1 Å². The van der Waals surface area contributed by atoms with Gasteiger partial charge in [0.1, 0.15) is 0 Å². The van der Waals surface area contributed by atoms with Gasteiger partial charge in [-0.15, -0.1) is 0 Å². The monoisotopic (exact) mass is 365 g/mol. The van der Waals surface area contributed by atoms with Gasteiger partial charge in [-0.3, -0.25) is 4.79 Å². The number of likely N-dealkylation sites (tertiary alicyclic amines) is 1. The number of amides is 1. The number of hydrogen-bond acceptors (Lipinski definition) is 4. The van der Waals surface area contributed by atoms with Crippen LogP contribution in [0, 0.1) is 0 Å². The van der Waals surface area contributed by atoms with E-state index in [1.165, 1.54) is 6.07 Å². The van der Waals surface area contributed by atoms with Crippen LogP contribution in [0.5, 0.6) is 17.2 Å². The summed E-state index contributed by atoms with van der Waals surface area (Å²) in [6, 6.07) is 12.6. The van der Waals surface area contributed by atoms with Gasteiger partial charge in [0.25, 0.3) is 5.91 Å². The molecular formula is C22H23NO4. The Hall–Kier alpha value is -2.95. The number of benzene rings is 2. The summed E-state index contributed by atoms with van der Waals surface area (Å²) in [4.78, 5) is 14.6. The third kappa shape index (κ3) is 2.93. The van der Waals surface area contributed by atoms with E-state index in [1.807, 2.05) is 42.2 Å². The predicted molar refractivity (Wildman–Crippen MR) is 102 cm³/mol. The minimum Gasteiger partial charge on any atom is -0.504 e. The number of carbonyl (C=O) groups is 1. The standard InChI is InChI=1S/C22H23NO4/c1-15(2)22(17-9-5-3-6-10-17)26-19-14-16(13-18(24)20(19)27-22)21(25)23-11-7-4-8-12-23/h3,5-6,9-10,13-14,24H,1,4,7-8,11-12H2,2H3. The number of rotatable bonds is 3. The van der Waals surface area contributed by atoms with Crippen LogP contribution in [-0.4, -0.2) is 29.0 Å². The summed E-state index contributed by atoms with van der Waals surface area (Å²) in [6.45, 7) is 7.33. The highest BCUT2D eigenvalue weighted by molar-refractivity contribution is 5.95. The molecule has 0 radical (unpaired) electrons. The first-order valence-electron chi connectivity index (χ1n) is 9.27. The van der Waals surface area contributed by atoms with E-state index >= 15 is 0 Å². The first kappa shape index (κ1) is 17.5. The Morgan fingerprint density at radius 1 is 1.11 bits per heavy atom. The molecule has 0 aliphatic carbocycles. The highest BCUT2D eigenvalue weighted by Crippen LogP contribution is 2.51. The lowest BCUT2D eigenvalue weighted by Crippen LogP contribution is -2.36. The number of nitrogens with zero attached hydrogens (tertiary/aromatic N) is 1. The smallest absolute Gasteiger partial charge is 0.301 e. The van der Waals surface area contributed by atoms with Crippen molar-refractivity contribution in [1.29, 1.82) is 0 Å². The van der Waals surface area contributed by atoms with Crippen molar-refractivity contribution in [2.24, 2.45) is 0 Å². The Labute approximate surface area is 158 Å². The minimum absolute atomic E-state index is 0.0936. The van der Waals surface area contributed by atoms with Crippen LogP contribution in [0.4, 0.5) is 0 Å². The second-order valence-electron chi connectivity index (χ2n) is 7.14. The Morgan fingerprint density at radius 2 is 1.81 bits per heavy atom. The van der Waals surface area contributed by atoms with Gasteiger partial charge < -0.3 is 19.5 Å². The predicted octanol–water partition coefficient (Wildman–Crippen LogP) is 4.22. The molecule has 0 bridgehead atoms. The maximum absolute atomic E-state index is 12.8. The van der Waals surface area contributed by atoms with Crippen LogP contribution in [0.3, 0.4) is 0 Å². The first-order valence-corrected chi connectivity index (χ1v) is 9.27.